The molecule has 0 radical (unpaired) electrons. The molecule has 0 aliphatic carbocycles. The molecule has 0 spiro atoms. The molecule has 4 nitrogen and oxygen atoms in total. The van der Waals surface area contributed by atoms with E-state index in [1.54, 1.807) is 0 Å². The van der Waals surface area contributed by atoms with E-state index < -0.39 is 0 Å². The summed E-state index contributed by atoms with van der Waals surface area (Å²) >= 11 is 0. The second kappa shape index (κ2) is 6.90. The molecule has 3 heterocycles. The van der Waals surface area contributed by atoms with Gasteiger partial charge in [0.2, 0.25) is 5.91 Å². The van der Waals surface area contributed by atoms with Gasteiger partial charge in [-0.3, -0.25) is 9.69 Å². The lowest BCUT2D eigenvalue weighted by Gasteiger charge is -2.33. The normalized spacial score (nSPS) is 31.9. The maximum atomic E-state index is 12.3. The molecule has 2 unspecified atom stereocenters. The van der Waals surface area contributed by atoms with Crippen LogP contribution in [0.5, 0.6) is 0 Å². The number of carbonyl (C=O) groups excluding carboxylic acids is 1. The first-order valence-electron chi connectivity index (χ1n) is 8.60. The van der Waals surface area contributed by atoms with Crippen molar-refractivity contribution in [3.8, 4) is 0 Å². The number of nitrogens with zero attached hydrogens (tertiary/aromatic N) is 2. The van der Waals surface area contributed by atoms with Gasteiger partial charge in [0, 0.05) is 31.7 Å². The minimum atomic E-state index is 0.321. The fourth-order valence-corrected chi connectivity index (χ4v) is 4.14. The van der Waals surface area contributed by atoms with Gasteiger partial charge in [0.1, 0.15) is 0 Å². The number of fused-ring (bicyclic) bond motifs is 1. The molecule has 1 N–H and O–H groups in total. The van der Waals surface area contributed by atoms with Gasteiger partial charge < -0.3 is 10.2 Å². The molecule has 3 fully saturated rings. The lowest BCUT2D eigenvalue weighted by atomic mass is 9.99. The Labute approximate surface area is 122 Å². The van der Waals surface area contributed by atoms with Crippen LogP contribution in [-0.4, -0.2) is 60.5 Å². The summed E-state index contributed by atoms with van der Waals surface area (Å²) in [5.41, 5.74) is 0. The average Bonchev–Trinajstić information content (AvgIpc) is 2.70. The van der Waals surface area contributed by atoms with Crippen molar-refractivity contribution in [1.29, 1.82) is 0 Å². The highest BCUT2D eigenvalue weighted by Gasteiger charge is 2.35. The fraction of sp³-hybridized carbons (Fsp3) is 0.938. The first-order chi connectivity index (χ1) is 9.84. The summed E-state index contributed by atoms with van der Waals surface area (Å²) in [4.78, 5) is 17.0. The van der Waals surface area contributed by atoms with Crippen molar-refractivity contribution in [2.45, 2.75) is 63.5 Å². The SMILES string of the molecule is O=C(CNC1CCN2CCCCC12)N1CCCCCC1. The van der Waals surface area contributed by atoms with Crippen molar-refractivity contribution >= 4 is 5.91 Å². The first-order valence-corrected chi connectivity index (χ1v) is 8.60. The Morgan fingerprint density at radius 2 is 1.65 bits per heavy atom. The number of hydrogen-bond donors (Lipinski definition) is 1. The number of amides is 1. The van der Waals surface area contributed by atoms with Crippen LogP contribution >= 0.6 is 0 Å². The lowest BCUT2D eigenvalue weighted by molar-refractivity contribution is -0.130. The predicted octanol–water partition coefficient (Wildman–Crippen LogP) is 1.61. The second-order valence-corrected chi connectivity index (χ2v) is 6.67. The van der Waals surface area contributed by atoms with Crippen LogP contribution in [0, 0.1) is 0 Å². The van der Waals surface area contributed by atoms with E-state index in [9.17, 15) is 4.79 Å². The Kier molecular flexibility index (Phi) is 4.94. The minimum absolute atomic E-state index is 0.321. The zero-order valence-electron chi connectivity index (χ0n) is 12.6. The molecule has 0 aromatic carbocycles. The highest BCUT2D eigenvalue weighted by molar-refractivity contribution is 5.78. The second-order valence-electron chi connectivity index (χ2n) is 6.67. The van der Waals surface area contributed by atoms with Gasteiger partial charge >= 0.3 is 0 Å². The Morgan fingerprint density at radius 3 is 2.45 bits per heavy atom. The highest BCUT2D eigenvalue weighted by Crippen LogP contribution is 2.27. The van der Waals surface area contributed by atoms with Gasteiger partial charge in [-0.1, -0.05) is 19.3 Å². The van der Waals surface area contributed by atoms with Crippen LogP contribution in [0.3, 0.4) is 0 Å². The van der Waals surface area contributed by atoms with Crippen molar-refractivity contribution in [3.63, 3.8) is 0 Å². The van der Waals surface area contributed by atoms with E-state index in [1.807, 2.05) is 0 Å². The van der Waals surface area contributed by atoms with Gasteiger partial charge in [0.05, 0.1) is 6.54 Å². The summed E-state index contributed by atoms with van der Waals surface area (Å²) in [6.45, 7) is 4.99. The maximum Gasteiger partial charge on any atom is 0.236 e. The summed E-state index contributed by atoms with van der Waals surface area (Å²) in [6, 6.07) is 1.24. The highest BCUT2D eigenvalue weighted by atomic mass is 16.2. The first kappa shape index (κ1) is 14.3. The van der Waals surface area contributed by atoms with E-state index in [1.165, 1.54) is 64.5 Å². The van der Waals surface area contributed by atoms with E-state index in [2.05, 4.69) is 15.1 Å². The van der Waals surface area contributed by atoms with E-state index in [0.717, 1.165) is 13.1 Å². The smallest absolute Gasteiger partial charge is 0.236 e. The van der Waals surface area contributed by atoms with Crippen molar-refractivity contribution in [2.24, 2.45) is 0 Å². The molecule has 3 saturated heterocycles. The third kappa shape index (κ3) is 3.34. The van der Waals surface area contributed by atoms with Crippen LogP contribution in [0.25, 0.3) is 0 Å². The van der Waals surface area contributed by atoms with E-state index in [-0.39, 0.29) is 0 Å². The van der Waals surface area contributed by atoms with Crippen molar-refractivity contribution in [1.82, 2.24) is 15.1 Å². The zero-order chi connectivity index (χ0) is 13.8. The van der Waals surface area contributed by atoms with Crippen LogP contribution in [0.15, 0.2) is 0 Å². The summed E-state index contributed by atoms with van der Waals surface area (Å²) in [5, 5.41) is 3.57. The monoisotopic (exact) mass is 279 g/mol. The number of likely N-dealkylation sites (tertiary alicyclic amines) is 1. The third-order valence-electron chi connectivity index (χ3n) is 5.33. The van der Waals surface area contributed by atoms with Gasteiger partial charge in [0.15, 0.2) is 0 Å². The van der Waals surface area contributed by atoms with Crippen LogP contribution < -0.4 is 5.32 Å². The summed E-state index contributed by atoms with van der Waals surface area (Å²) in [6.07, 6.45) is 10.2. The fourth-order valence-electron chi connectivity index (χ4n) is 4.14. The quantitative estimate of drug-likeness (QED) is 0.852. The molecule has 1 amide bonds. The molecule has 3 aliphatic rings. The van der Waals surface area contributed by atoms with Crippen LogP contribution in [0.2, 0.25) is 0 Å². The molecular formula is C16H29N3O. The molecule has 0 aromatic heterocycles. The molecule has 0 aromatic rings. The minimum Gasteiger partial charge on any atom is -0.342 e. The molecule has 0 bridgehead atoms. The van der Waals surface area contributed by atoms with Crippen LogP contribution in [0.4, 0.5) is 0 Å². The topological polar surface area (TPSA) is 35.6 Å². The van der Waals surface area contributed by atoms with E-state index in [4.69, 9.17) is 0 Å². The number of carbonyl (C=O) groups is 1. The van der Waals surface area contributed by atoms with Crippen LogP contribution in [-0.2, 0) is 4.79 Å². The lowest BCUT2D eigenvalue weighted by Crippen LogP contribution is -2.48. The molecule has 0 saturated carbocycles. The molecular weight excluding hydrogens is 250 g/mol. The zero-order valence-corrected chi connectivity index (χ0v) is 12.6. The number of nitrogens with one attached hydrogen (secondary N) is 1. The molecule has 20 heavy (non-hydrogen) atoms. The largest absolute Gasteiger partial charge is 0.342 e. The van der Waals surface area contributed by atoms with Gasteiger partial charge in [-0.25, -0.2) is 0 Å². The number of hydrogen-bond acceptors (Lipinski definition) is 3. The van der Waals surface area contributed by atoms with Gasteiger partial charge in [-0.05, 0) is 38.6 Å². The van der Waals surface area contributed by atoms with Crippen molar-refractivity contribution in [2.75, 3.05) is 32.7 Å². The summed E-state index contributed by atoms with van der Waals surface area (Å²) < 4.78 is 0. The number of piperidine rings is 1. The maximum absolute atomic E-state index is 12.3. The Balaban J connectivity index is 1.45. The molecule has 4 heteroatoms. The third-order valence-corrected chi connectivity index (χ3v) is 5.33. The van der Waals surface area contributed by atoms with Crippen molar-refractivity contribution in [3.05, 3.63) is 0 Å². The molecule has 114 valence electrons. The Morgan fingerprint density at radius 1 is 0.900 bits per heavy atom. The standard InChI is InChI=1S/C16H29N3O/c20-16(19-10-4-1-2-5-11-19)13-17-14-8-12-18-9-6-3-7-15(14)18/h14-15,17H,1-13H2. The molecule has 3 aliphatic heterocycles. The molecule has 3 rings (SSSR count). The average molecular weight is 279 g/mol. The Bertz CT molecular complexity index is 326. The Hall–Kier alpha value is -0.610. The van der Waals surface area contributed by atoms with Gasteiger partial charge in [0.25, 0.3) is 0 Å². The predicted molar refractivity (Wildman–Crippen MR) is 80.7 cm³/mol. The van der Waals surface area contributed by atoms with Gasteiger partial charge in [-0.2, -0.15) is 0 Å². The van der Waals surface area contributed by atoms with E-state index >= 15 is 0 Å². The molecule has 2 atom stereocenters. The van der Waals surface area contributed by atoms with Gasteiger partial charge in [-0.15, -0.1) is 0 Å². The summed E-state index contributed by atoms with van der Waals surface area (Å²) in [5.74, 6) is 0.321. The summed E-state index contributed by atoms with van der Waals surface area (Å²) in [7, 11) is 0. The number of rotatable bonds is 3. The van der Waals surface area contributed by atoms with Crippen molar-refractivity contribution < 1.29 is 4.79 Å². The van der Waals surface area contributed by atoms with Crippen LogP contribution in [0.1, 0.15) is 51.4 Å². The van der Waals surface area contributed by atoms with E-state index in [0.29, 0.717) is 24.5 Å².